The fourth-order valence-electron chi connectivity index (χ4n) is 4.65. The van der Waals surface area contributed by atoms with Crippen LogP contribution in [0.4, 0.5) is 10.5 Å². The Morgan fingerprint density at radius 2 is 1.84 bits per heavy atom. The molecule has 1 atom stereocenters. The molecule has 0 saturated heterocycles. The van der Waals surface area contributed by atoms with Gasteiger partial charge in [-0.25, -0.2) is 4.79 Å². The molecule has 1 unspecified atom stereocenters. The average Bonchev–Trinajstić information content (AvgIpc) is 3.19. The summed E-state index contributed by atoms with van der Waals surface area (Å²) in [6.45, 7) is 4.69. The molecule has 3 aromatic carbocycles. The molecule has 0 fully saturated rings. The molecule has 1 aliphatic heterocycles. The highest BCUT2D eigenvalue weighted by atomic mass is 16.5. The van der Waals surface area contributed by atoms with E-state index in [0.29, 0.717) is 6.54 Å². The zero-order valence-corrected chi connectivity index (χ0v) is 18.6. The smallest absolute Gasteiger partial charge is 0.322 e. The van der Waals surface area contributed by atoms with Crippen LogP contribution in [0.15, 0.2) is 66.7 Å². The fourth-order valence-corrected chi connectivity index (χ4v) is 4.65. The Hall–Kier alpha value is -3.73. The Balaban J connectivity index is 1.57. The summed E-state index contributed by atoms with van der Waals surface area (Å²) in [5.41, 5.74) is 7.55. The van der Waals surface area contributed by atoms with E-state index in [4.69, 9.17) is 4.74 Å². The lowest BCUT2D eigenvalue weighted by atomic mass is 9.92. The topological polar surface area (TPSA) is 57.4 Å². The number of methoxy groups -OCH3 is 1. The SMILES string of the molecule is COc1ccc(C2c3[nH]c4ccccc4c3CCN2C(=O)Nc2cc(C)ccc2C)cc1. The Morgan fingerprint density at radius 3 is 2.62 bits per heavy atom. The molecule has 32 heavy (non-hydrogen) atoms. The third-order valence-electron chi connectivity index (χ3n) is 6.36. The molecule has 0 bridgehead atoms. The highest BCUT2D eigenvalue weighted by molar-refractivity contribution is 5.92. The van der Waals surface area contributed by atoms with E-state index in [1.165, 1.54) is 10.9 Å². The molecule has 5 heteroatoms. The fraction of sp³-hybridized carbons (Fsp3) is 0.222. The number of aromatic nitrogens is 1. The maximum Gasteiger partial charge on any atom is 0.322 e. The van der Waals surface area contributed by atoms with Crippen molar-refractivity contribution < 1.29 is 9.53 Å². The van der Waals surface area contributed by atoms with Crippen LogP contribution in [0.1, 0.15) is 34.0 Å². The molecular formula is C27H27N3O2. The van der Waals surface area contributed by atoms with Crippen molar-refractivity contribution in [3.8, 4) is 5.75 Å². The van der Waals surface area contributed by atoms with Crippen molar-refractivity contribution in [2.24, 2.45) is 0 Å². The number of aromatic amines is 1. The monoisotopic (exact) mass is 425 g/mol. The van der Waals surface area contributed by atoms with Crippen molar-refractivity contribution in [2.45, 2.75) is 26.3 Å². The van der Waals surface area contributed by atoms with Crippen LogP contribution >= 0.6 is 0 Å². The van der Waals surface area contributed by atoms with Crippen LogP contribution in [0.3, 0.4) is 0 Å². The predicted molar refractivity (Wildman–Crippen MR) is 128 cm³/mol. The number of hydrogen-bond donors (Lipinski definition) is 2. The molecule has 5 nitrogen and oxygen atoms in total. The minimum atomic E-state index is -0.206. The van der Waals surface area contributed by atoms with Gasteiger partial charge in [-0.3, -0.25) is 0 Å². The van der Waals surface area contributed by atoms with Crippen LogP contribution in [0.5, 0.6) is 5.75 Å². The summed E-state index contributed by atoms with van der Waals surface area (Å²) in [6.07, 6.45) is 0.812. The molecule has 2 heterocycles. The number of ether oxygens (including phenoxy) is 1. The molecule has 2 N–H and O–H groups in total. The Bertz CT molecular complexity index is 1290. The Morgan fingerprint density at radius 1 is 1.06 bits per heavy atom. The number of nitrogens with one attached hydrogen (secondary N) is 2. The molecule has 0 saturated carbocycles. The van der Waals surface area contributed by atoms with Gasteiger partial charge in [0, 0.05) is 28.8 Å². The number of carbonyl (C=O) groups is 1. The van der Waals surface area contributed by atoms with Gasteiger partial charge in [-0.2, -0.15) is 0 Å². The molecule has 1 aromatic heterocycles. The Kier molecular flexibility index (Phi) is 5.10. The van der Waals surface area contributed by atoms with Crippen molar-refractivity contribution in [3.63, 3.8) is 0 Å². The molecule has 2 amide bonds. The molecule has 0 radical (unpaired) electrons. The molecular weight excluding hydrogens is 398 g/mol. The minimum absolute atomic E-state index is 0.0937. The van der Waals surface area contributed by atoms with Crippen molar-refractivity contribution >= 4 is 22.6 Å². The highest BCUT2D eigenvalue weighted by Crippen LogP contribution is 2.39. The average molecular weight is 426 g/mol. The van der Waals surface area contributed by atoms with Gasteiger partial charge in [-0.1, -0.05) is 42.5 Å². The van der Waals surface area contributed by atoms with Crippen LogP contribution in [-0.2, 0) is 6.42 Å². The van der Waals surface area contributed by atoms with Gasteiger partial charge in [-0.05, 0) is 66.8 Å². The summed E-state index contributed by atoms with van der Waals surface area (Å²) in [5.74, 6) is 0.799. The molecule has 4 aromatic rings. The summed E-state index contributed by atoms with van der Waals surface area (Å²) >= 11 is 0. The van der Waals surface area contributed by atoms with Crippen LogP contribution < -0.4 is 10.1 Å². The Labute approximate surface area is 188 Å². The van der Waals surface area contributed by atoms with Gasteiger partial charge in [0.15, 0.2) is 0 Å². The van der Waals surface area contributed by atoms with E-state index >= 15 is 0 Å². The number of urea groups is 1. The zero-order chi connectivity index (χ0) is 22.2. The first-order chi connectivity index (χ1) is 15.5. The lowest BCUT2D eigenvalue weighted by molar-refractivity contribution is 0.193. The van der Waals surface area contributed by atoms with Crippen LogP contribution in [0.2, 0.25) is 0 Å². The van der Waals surface area contributed by atoms with Crippen molar-refractivity contribution in [2.75, 3.05) is 19.0 Å². The third kappa shape index (κ3) is 3.50. The van der Waals surface area contributed by atoms with Crippen molar-refractivity contribution in [1.82, 2.24) is 9.88 Å². The van der Waals surface area contributed by atoms with Gasteiger partial charge in [0.05, 0.1) is 13.2 Å². The zero-order valence-electron chi connectivity index (χ0n) is 18.6. The van der Waals surface area contributed by atoms with Crippen LogP contribution in [-0.4, -0.2) is 29.6 Å². The normalized spacial score (nSPS) is 15.5. The van der Waals surface area contributed by atoms with E-state index < -0.39 is 0 Å². The summed E-state index contributed by atoms with van der Waals surface area (Å²) in [4.78, 5) is 19.1. The standard InChI is InChI=1S/C27H27N3O2/c1-17-8-9-18(2)24(16-17)29-27(31)30-15-14-22-21-6-4-5-7-23(21)28-25(22)26(30)19-10-12-20(32-3)13-11-19/h4-13,16,26,28H,14-15H2,1-3H3,(H,29,31). The number of benzene rings is 3. The van der Waals surface area contributed by atoms with E-state index in [1.807, 2.05) is 61.2 Å². The van der Waals surface area contributed by atoms with Gasteiger partial charge in [0.2, 0.25) is 0 Å². The number of H-pyrrole nitrogens is 1. The molecule has 0 spiro atoms. The first-order valence-electron chi connectivity index (χ1n) is 10.9. The molecule has 162 valence electrons. The maximum absolute atomic E-state index is 13.5. The van der Waals surface area contributed by atoms with Gasteiger partial charge in [0.25, 0.3) is 0 Å². The van der Waals surface area contributed by atoms with Gasteiger partial charge in [-0.15, -0.1) is 0 Å². The van der Waals surface area contributed by atoms with E-state index in [1.54, 1.807) is 7.11 Å². The van der Waals surface area contributed by atoms with Gasteiger partial charge < -0.3 is 19.9 Å². The first kappa shape index (κ1) is 20.2. The van der Waals surface area contributed by atoms with Crippen molar-refractivity contribution in [3.05, 3.63) is 94.7 Å². The number of fused-ring (bicyclic) bond motifs is 3. The van der Waals surface area contributed by atoms with Gasteiger partial charge >= 0.3 is 6.03 Å². The van der Waals surface area contributed by atoms with E-state index in [2.05, 4.69) is 34.6 Å². The number of amides is 2. The summed E-state index contributed by atoms with van der Waals surface area (Å²) in [7, 11) is 1.66. The second-order valence-corrected chi connectivity index (χ2v) is 8.43. The lowest BCUT2D eigenvalue weighted by Crippen LogP contribution is -2.43. The molecule has 0 aliphatic carbocycles. The highest BCUT2D eigenvalue weighted by Gasteiger charge is 2.34. The van der Waals surface area contributed by atoms with Gasteiger partial charge in [0.1, 0.15) is 5.75 Å². The van der Waals surface area contributed by atoms with E-state index in [-0.39, 0.29) is 12.1 Å². The molecule has 5 rings (SSSR count). The second-order valence-electron chi connectivity index (χ2n) is 8.43. The first-order valence-corrected chi connectivity index (χ1v) is 10.9. The van der Waals surface area contributed by atoms with E-state index in [0.717, 1.165) is 45.8 Å². The summed E-state index contributed by atoms with van der Waals surface area (Å²) < 4.78 is 5.35. The minimum Gasteiger partial charge on any atom is -0.497 e. The maximum atomic E-state index is 13.5. The third-order valence-corrected chi connectivity index (χ3v) is 6.36. The summed E-state index contributed by atoms with van der Waals surface area (Å²) in [5, 5.41) is 4.39. The van der Waals surface area contributed by atoms with E-state index in [9.17, 15) is 4.79 Å². The molecule has 1 aliphatic rings. The second kappa shape index (κ2) is 8.08. The lowest BCUT2D eigenvalue weighted by Gasteiger charge is -2.36. The number of hydrogen-bond acceptors (Lipinski definition) is 2. The number of para-hydroxylation sites is 1. The van der Waals surface area contributed by atoms with Crippen LogP contribution in [0, 0.1) is 13.8 Å². The number of rotatable bonds is 3. The number of nitrogens with zero attached hydrogens (tertiary/aromatic N) is 1. The largest absolute Gasteiger partial charge is 0.497 e. The van der Waals surface area contributed by atoms with Crippen LogP contribution in [0.25, 0.3) is 10.9 Å². The number of carbonyl (C=O) groups excluding carboxylic acids is 1. The van der Waals surface area contributed by atoms with Crippen molar-refractivity contribution in [1.29, 1.82) is 0 Å². The number of anilines is 1. The number of aryl methyl sites for hydroxylation is 2. The quantitative estimate of drug-likeness (QED) is 0.425. The predicted octanol–water partition coefficient (Wildman–Crippen LogP) is 5.97. The summed E-state index contributed by atoms with van der Waals surface area (Å²) in [6, 6.07) is 22.2.